The number of nitrogens with one attached hydrogen (secondary N) is 1. The molecular weight excluding hydrogens is 346 g/mol. The van der Waals surface area contributed by atoms with Gasteiger partial charge in [-0.25, -0.2) is 5.84 Å². The van der Waals surface area contributed by atoms with Crippen molar-refractivity contribution in [1.82, 2.24) is 15.2 Å². The maximum absolute atomic E-state index is 13.0. The van der Waals surface area contributed by atoms with Crippen LogP contribution in [0, 0.1) is 0 Å². The molecule has 6 nitrogen and oxygen atoms in total. The van der Waals surface area contributed by atoms with Crippen molar-refractivity contribution in [3.8, 4) is 0 Å². The average Bonchev–Trinajstić information content (AvgIpc) is 3.22. The van der Waals surface area contributed by atoms with Crippen molar-refractivity contribution >= 4 is 17.2 Å². The first kappa shape index (κ1) is 18.4. The van der Waals surface area contributed by atoms with E-state index in [-0.39, 0.29) is 11.9 Å². The summed E-state index contributed by atoms with van der Waals surface area (Å²) < 4.78 is 0. The van der Waals surface area contributed by atoms with Crippen molar-refractivity contribution in [2.24, 2.45) is 11.6 Å². The third-order valence-electron chi connectivity index (χ3n) is 4.69. The second-order valence-corrected chi connectivity index (χ2v) is 7.29. The van der Waals surface area contributed by atoms with Gasteiger partial charge in [-0.05, 0) is 29.9 Å². The molecule has 3 rings (SSSR count). The number of nitrogens with zero attached hydrogens (tertiary/aromatic N) is 2. The first-order chi connectivity index (χ1) is 12.7. The van der Waals surface area contributed by atoms with Crippen LogP contribution >= 0.6 is 11.3 Å². The fourth-order valence-corrected chi connectivity index (χ4v) is 4.03. The van der Waals surface area contributed by atoms with E-state index < -0.39 is 0 Å². The van der Waals surface area contributed by atoms with E-state index in [1.165, 1.54) is 23.1 Å². The van der Waals surface area contributed by atoms with E-state index in [1.807, 2.05) is 23.6 Å². The summed E-state index contributed by atoms with van der Waals surface area (Å²) in [5, 5.41) is 1.90. The molecule has 0 saturated carbocycles. The molecule has 1 saturated heterocycles. The quantitative estimate of drug-likeness (QED) is 0.534. The standard InChI is InChI=1S/C19H25N5OS/c20-13-18(22-21)24(19(25)17-7-4-12-26-17)16-8-10-23(11-9-16)14-15-5-2-1-3-6-15/h1-7,12-13,16,22H,8-11,14,20-21H2/b18-13+. The molecular formula is C19H25N5OS. The number of thiophene rings is 1. The highest BCUT2D eigenvalue weighted by molar-refractivity contribution is 7.12. The number of piperidine rings is 1. The van der Waals surface area contributed by atoms with Crippen LogP contribution in [0.4, 0.5) is 0 Å². The highest BCUT2D eigenvalue weighted by Crippen LogP contribution is 2.24. The third kappa shape index (κ3) is 4.24. The minimum Gasteiger partial charge on any atom is -0.402 e. The Labute approximate surface area is 158 Å². The number of amides is 1. The molecule has 1 aliphatic rings. The van der Waals surface area contributed by atoms with Crippen molar-refractivity contribution in [2.45, 2.75) is 25.4 Å². The number of rotatable bonds is 6. The molecule has 26 heavy (non-hydrogen) atoms. The first-order valence-corrected chi connectivity index (χ1v) is 9.62. The van der Waals surface area contributed by atoms with Crippen LogP contribution in [0.2, 0.25) is 0 Å². The zero-order valence-corrected chi connectivity index (χ0v) is 15.5. The summed E-state index contributed by atoms with van der Waals surface area (Å²) in [6.45, 7) is 2.79. The maximum atomic E-state index is 13.0. The predicted molar refractivity (Wildman–Crippen MR) is 105 cm³/mol. The van der Waals surface area contributed by atoms with Gasteiger partial charge in [0.25, 0.3) is 5.91 Å². The van der Waals surface area contributed by atoms with Crippen molar-refractivity contribution in [3.63, 3.8) is 0 Å². The number of likely N-dealkylation sites (tertiary alicyclic amines) is 1. The van der Waals surface area contributed by atoms with Crippen LogP contribution in [-0.4, -0.2) is 34.8 Å². The molecule has 1 aliphatic heterocycles. The van der Waals surface area contributed by atoms with Crippen LogP contribution in [0.1, 0.15) is 28.1 Å². The van der Waals surface area contributed by atoms with E-state index in [1.54, 1.807) is 4.90 Å². The van der Waals surface area contributed by atoms with Crippen molar-refractivity contribution in [1.29, 1.82) is 0 Å². The van der Waals surface area contributed by atoms with Crippen LogP contribution in [0.15, 0.2) is 59.9 Å². The molecule has 7 heteroatoms. The van der Waals surface area contributed by atoms with Gasteiger partial charge in [0.1, 0.15) is 5.82 Å². The lowest BCUT2D eigenvalue weighted by Gasteiger charge is -2.39. The Kier molecular flexibility index (Phi) is 6.27. The van der Waals surface area contributed by atoms with Gasteiger partial charge >= 0.3 is 0 Å². The third-order valence-corrected chi connectivity index (χ3v) is 5.55. The second-order valence-electron chi connectivity index (χ2n) is 6.34. The van der Waals surface area contributed by atoms with E-state index in [0.29, 0.717) is 10.7 Å². The minimum atomic E-state index is -0.0591. The van der Waals surface area contributed by atoms with Gasteiger partial charge in [0, 0.05) is 31.9 Å². The lowest BCUT2D eigenvalue weighted by Crippen LogP contribution is -2.50. The van der Waals surface area contributed by atoms with E-state index in [4.69, 9.17) is 11.6 Å². The summed E-state index contributed by atoms with van der Waals surface area (Å²) in [5.74, 6) is 6.00. The van der Waals surface area contributed by atoms with Gasteiger partial charge in [-0.2, -0.15) is 0 Å². The summed E-state index contributed by atoms with van der Waals surface area (Å²) >= 11 is 1.43. The van der Waals surface area contributed by atoms with E-state index in [2.05, 4.69) is 34.6 Å². The summed E-state index contributed by atoms with van der Waals surface area (Å²) in [4.78, 5) is 17.8. The van der Waals surface area contributed by atoms with E-state index in [0.717, 1.165) is 32.5 Å². The molecule has 1 fully saturated rings. The van der Waals surface area contributed by atoms with Gasteiger partial charge in [0.2, 0.25) is 0 Å². The molecule has 1 aromatic carbocycles. The summed E-state index contributed by atoms with van der Waals surface area (Å²) in [5.41, 5.74) is 9.59. The van der Waals surface area contributed by atoms with E-state index in [9.17, 15) is 4.79 Å². The Morgan fingerprint density at radius 3 is 2.54 bits per heavy atom. The molecule has 0 aliphatic carbocycles. The molecule has 0 unspecified atom stereocenters. The summed E-state index contributed by atoms with van der Waals surface area (Å²) in [7, 11) is 0. The molecule has 5 N–H and O–H groups in total. The fraction of sp³-hybridized carbons (Fsp3) is 0.316. The van der Waals surface area contributed by atoms with Gasteiger partial charge in [0.15, 0.2) is 0 Å². The van der Waals surface area contributed by atoms with Crippen LogP contribution in [0.5, 0.6) is 0 Å². The van der Waals surface area contributed by atoms with Crippen LogP contribution in [0.3, 0.4) is 0 Å². The molecule has 2 aromatic rings. The molecule has 138 valence electrons. The lowest BCUT2D eigenvalue weighted by atomic mass is 10.0. The van der Waals surface area contributed by atoms with Crippen LogP contribution in [-0.2, 0) is 6.54 Å². The molecule has 0 atom stereocenters. The molecule has 1 aromatic heterocycles. The highest BCUT2D eigenvalue weighted by Gasteiger charge is 2.31. The maximum Gasteiger partial charge on any atom is 0.269 e. The molecule has 1 amide bonds. The van der Waals surface area contributed by atoms with Gasteiger partial charge < -0.3 is 11.2 Å². The molecule has 0 radical (unpaired) electrons. The Balaban J connectivity index is 1.68. The lowest BCUT2D eigenvalue weighted by molar-refractivity contribution is 0.0641. The Hall–Kier alpha value is -2.35. The van der Waals surface area contributed by atoms with Gasteiger partial charge in [-0.3, -0.25) is 14.6 Å². The molecule has 0 bridgehead atoms. The zero-order chi connectivity index (χ0) is 18.4. The fourth-order valence-electron chi connectivity index (χ4n) is 3.37. The Morgan fingerprint density at radius 2 is 1.96 bits per heavy atom. The monoisotopic (exact) mass is 371 g/mol. The largest absolute Gasteiger partial charge is 0.402 e. The normalized spacial score (nSPS) is 16.4. The number of hydrogen-bond acceptors (Lipinski definition) is 6. The zero-order valence-electron chi connectivity index (χ0n) is 14.7. The number of nitrogens with two attached hydrogens (primary N) is 2. The smallest absolute Gasteiger partial charge is 0.269 e. The van der Waals surface area contributed by atoms with E-state index >= 15 is 0 Å². The topological polar surface area (TPSA) is 87.6 Å². The number of carbonyl (C=O) groups is 1. The SMILES string of the molecule is N/C=C(\NN)N(C(=O)c1cccs1)C1CCN(Cc2ccccc2)CC1. The number of hydrazine groups is 1. The number of benzene rings is 1. The second kappa shape index (κ2) is 8.84. The van der Waals surface area contributed by atoms with Gasteiger partial charge in [0.05, 0.1) is 4.88 Å². The number of hydrogen-bond donors (Lipinski definition) is 3. The Bertz CT molecular complexity index is 724. The highest BCUT2D eigenvalue weighted by atomic mass is 32.1. The average molecular weight is 372 g/mol. The molecule has 2 heterocycles. The Morgan fingerprint density at radius 1 is 1.23 bits per heavy atom. The van der Waals surface area contributed by atoms with Crippen molar-refractivity contribution < 1.29 is 4.79 Å². The van der Waals surface area contributed by atoms with Gasteiger partial charge in [-0.1, -0.05) is 36.4 Å². The van der Waals surface area contributed by atoms with Crippen LogP contribution < -0.4 is 17.0 Å². The van der Waals surface area contributed by atoms with Crippen LogP contribution in [0.25, 0.3) is 0 Å². The predicted octanol–water partition coefficient (Wildman–Crippen LogP) is 2.08. The first-order valence-electron chi connectivity index (χ1n) is 8.74. The molecule has 0 spiro atoms. The summed E-state index contributed by atoms with van der Waals surface area (Å²) in [6, 6.07) is 14.2. The minimum absolute atomic E-state index is 0.0591. The van der Waals surface area contributed by atoms with Gasteiger partial charge in [-0.15, -0.1) is 11.3 Å². The van der Waals surface area contributed by atoms with Crippen molar-refractivity contribution in [2.75, 3.05) is 13.1 Å². The van der Waals surface area contributed by atoms with Crippen molar-refractivity contribution in [3.05, 3.63) is 70.3 Å². The number of carbonyl (C=O) groups excluding carboxylic acids is 1. The summed E-state index contributed by atoms with van der Waals surface area (Å²) in [6.07, 6.45) is 3.12.